The molecule has 6 heteroatoms. The maximum Gasteiger partial charge on any atom is 0.189 e. The Morgan fingerprint density at radius 3 is 2.73 bits per heavy atom. The van der Waals surface area contributed by atoms with Crippen molar-refractivity contribution in [2.75, 3.05) is 12.5 Å². The summed E-state index contributed by atoms with van der Waals surface area (Å²) in [7, 11) is -3.27. The summed E-state index contributed by atoms with van der Waals surface area (Å²) in [4.78, 5) is 0. The van der Waals surface area contributed by atoms with Gasteiger partial charge in [0.25, 0.3) is 0 Å². The molecule has 0 amide bonds. The largest absolute Gasteiger partial charge is 0.467 e. The Morgan fingerprint density at radius 2 is 1.95 bits per heavy atom. The minimum absolute atomic E-state index is 0.0777. The molecule has 1 aromatic carbocycles. The lowest BCUT2D eigenvalue weighted by Crippen LogP contribution is -2.21. The van der Waals surface area contributed by atoms with Crippen molar-refractivity contribution in [3.05, 3.63) is 29.1 Å². The molecule has 0 spiro atoms. The van der Waals surface area contributed by atoms with E-state index < -0.39 is 15.7 Å². The van der Waals surface area contributed by atoms with Crippen LogP contribution in [0.3, 0.4) is 0 Å². The van der Waals surface area contributed by atoms with Crippen molar-refractivity contribution in [1.82, 2.24) is 0 Å². The van der Waals surface area contributed by atoms with Crippen LogP contribution >= 0.6 is 0 Å². The van der Waals surface area contributed by atoms with Crippen LogP contribution in [0.2, 0.25) is 0 Å². The van der Waals surface area contributed by atoms with Gasteiger partial charge in [0, 0.05) is 11.1 Å². The highest BCUT2D eigenvalue weighted by molar-refractivity contribution is 7.90. The van der Waals surface area contributed by atoms with Crippen LogP contribution in [0, 0.1) is 11.7 Å². The Bertz CT molecular complexity index is 636. The molecule has 1 saturated carbocycles. The molecule has 22 heavy (non-hydrogen) atoms. The van der Waals surface area contributed by atoms with Crippen molar-refractivity contribution in [3.8, 4) is 5.75 Å². The number of benzene rings is 1. The Morgan fingerprint density at radius 1 is 1.18 bits per heavy atom. The van der Waals surface area contributed by atoms with E-state index in [9.17, 15) is 12.8 Å². The third-order valence-corrected chi connectivity index (χ3v) is 6.07. The predicted octanol–water partition coefficient (Wildman–Crippen LogP) is 3.19. The zero-order valence-electron chi connectivity index (χ0n) is 12.5. The van der Waals surface area contributed by atoms with Crippen LogP contribution in [-0.2, 0) is 26.9 Å². The highest BCUT2D eigenvalue weighted by Crippen LogP contribution is 2.32. The Hall–Kier alpha value is -1.14. The lowest BCUT2D eigenvalue weighted by molar-refractivity contribution is -0.0171. The molecule has 0 saturated heterocycles. The number of hydrogen-bond acceptors (Lipinski definition) is 4. The van der Waals surface area contributed by atoms with Crippen LogP contribution in [0.15, 0.2) is 12.1 Å². The van der Waals surface area contributed by atoms with Gasteiger partial charge in [0.2, 0.25) is 0 Å². The minimum Gasteiger partial charge on any atom is -0.467 e. The molecular weight excluding hydrogens is 307 g/mol. The molecule has 0 bridgehead atoms. The summed E-state index contributed by atoms with van der Waals surface area (Å²) >= 11 is 0. The first-order chi connectivity index (χ1) is 10.5. The topological polar surface area (TPSA) is 52.6 Å². The zero-order chi connectivity index (χ0) is 15.6. The molecule has 0 atom stereocenters. The van der Waals surface area contributed by atoms with E-state index in [2.05, 4.69) is 0 Å². The van der Waals surface area contributed by atoms with Crippen LogP contribution in [-0.4, -0.2) is 21.0 Å². The van der Waals surface area contributed by atoms with Crippen LogP contribution < -0.4 is 4.74 Å². The standard InChI is InChI=1S/C16H21FO4S/c17-15-6-13-8-20-11-21-16(13)14(7-15)10-22(18,19)9-12-4-2-1-3-5-12/h6-7,12H,1-5,8-11H2. The van der Waals surface area contributed by atoms with Gasteiger partial charge in [-0.3, -0.25) is 0 Å². The average molecular weight is 328 g/mol. The van der Waals surface area contributed by atoms with E-state index in [4.69, 9.17) is 9.47 Å². The maximum atomic E-state index is 13.7. The lowest BCUT2D eigenvalue weighted by Gasteiger charge is -2.23. The van der Waals surface area contributed by atoms with Gasteiger partial charge in [0.15, 0.2) is 16.6 Å². The van der Waals surface area contributed by atoms with E-state index in [1.165, 1.54) is 18.6 Å². The first-order valence-electron chi connectivity index (χ1n) is 7.76. The van der Waals surface area contributed by atoms with Crippen LogP contribution in [0.1, 0.15) is 43.2 Å². The first kappa shape index (κ1) is 15.7. The van der Waals surface area contributed by atoms with Crippen molar-refractivity contribution < 1.29 is 22.3 Å². The normalized spacial score (nSPS) is 19.5. The average Bonchev–Trinajstić information content (AvgIpc) is 2.47. The third-order valence-electron chi connectivity index (χ3n) is 4.34. The summed E-state index contributed by atoms with van der Waals surface area (Å²) < 4.78 is 49.1. The van der Waals surface area contributed by atoms with Gasteiger partial charge in [-0.1, -0.05) is 19.3 Å². The summed E-state index contributed by atoms with van der Waals surface area (Å²) in [6.45, 7) is 0.330. The summed E-state index contributed by atoms with van der Waals surface area (Å²) in [6, 6.07) is 2.61. The Kier molecular flexibility index (Phi) is 4.68. The fourth-order valence-electron chi connectivity index (χ4n) is 3.37. The van der Waals surface area contributed by atoms with Crippen LogP contribution in [0.25, 0.3) is 0 Å². The number of sulfone groups is 1. The molecule has 1 heterocycles. The molecule has 1 aliphatic heterocycles. The molecule has 3 rings (SSSR count). The second-order valence-electron chi connectivity index (χ2n) is 6.22. The molecule has 2 aliphatic rings. The first-order valence-corrected chi connectivity index (χ1v) is 9.58. The van der Waals surface area contributed by atoms with Gasteiger partial charge in [-0.25, -0.2) is 12.8 Å². The summed E-state index contributed by atoms with van der Waals surface area (Å²) in [5.41, 5.74) is 0.989. The monoisotopic (exact) mass is 328 g/mol. The maximum absolute atomic E-state index is 13.7. The molecule has 0 aromatic heterocycles. The second kappa shape index (κ2) is 6.54. The van der Waals surface area contributed by atoms with Gasteiger partial charge in [0.1, 0.15) is 11.6 Å². The molecule has 122 valence electrons. The highest BCUT2D eigenvalue weighted by Gasteiger charge is 2.25. The third kappa shape index (κ3) is 3.79. The fraction of sp³-hybridized carbons (Fsp3) is 0.625. The minimum atomic E-state index is -3.27. The number of halogens is 1. The summed E-state index contributed by atoms with van der Waals surface area (Å²) in [6.07, 6.45) is 5.36. The van der Waals surface area contributed by atoms with E-state index in [0.717, 1.165) is 25.7 Å². The fourth-order valence-corrected chi connectivity index (χ4v) is 5.23. The Balaban J connectivity index is 1.78. The van der Waals surface area contributed by atoms with E-state index in [-0.39, 0.29) is 30.8 Å². The number of ether oxygens (including phenoxy) is 2. The molecular formula is C16H21FO4S. The number of rotatable bonds is 4. The zero-order valence-corrected chi connectivity index (χ0v) is 13.3. The van der Waals surface area contributed by atoms with Gasteiger partial charge in [-0.2, -0.15) is 0 Å². The second-order valence-corrected chi connectivity index (χ2v) is 8.33. The lowest BCUT2D eigenvalue weighted by atomic mass is 9.91. The van der Waals surface area contributed by atoms with Crippen molar-refractivity contribution in [2.45, 2.75) is 44.5 Å². The molecule has 0 unspecified atom stereocenters. The molecule has 0 radical (unpaired) electrons. The van der Waals surface area contributed by atoms with E-state index >= 15 is 0 Å². The van der Waals surface area contributed by atoms with Gasteiger partial charge in [0.05, 0.1) is 18.1 Å². The van der Waals surface area contributed by atoms with Gasteiger partial charge in [-0.15, -0.1) is 0 Å². The Labute approximate surface area is 130 Å². The number of hydrogen-bond donors (Lipinski definition) is 0. The van der Waals surface area contributed by atoms with Crippen LogP contribution in [0.4, 0.5) is 4.39 Å². The van der Waals surface area contributed by atoms with E-state index in [0.29, 0.717) is 16.9 Å². The van der Waals surface area contributed by atoms with Gasteiger partial charge in [-0.05, 0) is 30.9 Å². The van der Waals surface area contributed by atoms with Crippen LogP contribution in [0.5, 0.6) is 5.75 Å². The molecule has 1 aliphatic carbocycles. The van der Waals surface area contributed by atoms with Crippen molar-refractivity contribution in [3.63, 3.8) is 0 Å². The van der Waals surface area contributed by atoms with Crippen molar-refractivity contribution >= 4 is 9.84 Å². The molecule has 1 fully saturated rings. The quantitative estimate of drug-likeness (QED) is 0.852. The SMILES string of the molecule is O=S(=O)(Cc1cc(F)cc2c1OCOC2)CC1CCCCC1. The van der Waals surface area contributed by atoms with Gasteiger partial charge >= 0.3 is 0 Å². The summed E-state index contributed by atoms with van der Waals surface area (Å²) in [5, 5.41) is 0. The van der Waals surface area contributed by atoms with Crippen molar-refractivity contribution in [2.24, 2.45) is 5.92 Å². The smallest absolute Gasteiger partial charge is 0.189 e. The van der Waals surface area contributed by atoms with E-state index in [1.807, 2.05) is 0 Å². The number of fused-ring (bicyclic) bond motifs is 1. The predicted molar refractivity (Wildman–Crippen MR) is 80.7 cm³/mol. The van der Waals surface area contributed by atoms with Gasteiger partial charge < -0.3 is 9.47 Å². The summed E-state index contributed by atoms with van der Waals surface area (Å²) in [5.74, 6) is 0.293. The van der Waals surface area contributed by atoms with Crippen molar-refractivity contribution in [1.29, 1.82) is 0 Å². The molecule has 4 nitrogen and oxygen atoms in total. The highest BCUT2D eigenvalue weighted by atomic mass is 32.2. The molecule has 1 aromatic rings. The molecule has 0 N–H and O–H groups in total. The van der Waals surface area contributed by atoms with E-state index in [1.54, 1.807) is 0 Å².